The van der Waals surface area contributed by atoms with Crippen molar-refractivity contribution in [3.05, 3.63) is 23.8 Å². The number of carbonyl (C=O) groups excluding carboxylic acids is 1. The summed E-state index contributed by atoms with van der Waals surface area (Å²) in [6, 6.07) is 6.13. The van der Waals surface area contributed by atoms with Crippen LogP contribution in [0.5, 0.6) is 11.5 Å². The Labute approximate surface area is 179 Å². The van der Waals surface area contributed by atoms with Crippen molar-refractivity contribution in [2.75, 3.05) is 46.9 Å². The molecule has 166 valence electrons. The maximum Gasteiger partial charge on any atom is 0.231 e. The molecule has 1 aromatic rings. The molecule has 4 atom stereocenters. The molecule has 2 fully saturated rings. The van der Waals surface area contributed by atoms with Crippen LogP contribution in [0, 0.1) is 11.8 Å². The molecule has 1 aromatic carbocycles. The predicted octanol–water partition coefficient (Wildman–Crippen LogP) is 2.05. The Morgan fingerprint density at radius 1 is 1.37 bits per heavy atom. The summed E-state index contributed by atoms with van der Waals surface area (Å²) in [4.78, 5) is 15.6. The van der Waals surface area contributed by atoms with Gasteiger partial charge < -0.3 is 24.8 Å². The first-order valence-corrected chi connectivity index (χ1v) is 11.0. The number of hydrogen-bond donors (Lipinski definition) is 1. The van der Waals surface area contributed by atoms with E-state index >= 15 is 0 Å². The summed E-state index contributed by atoms with van der Waals surface area (Å²) in [5.41, 5.74) is 6.14. The van der Waals surface area contributed by atoms with Crippen molar-refractivity contribution in [1.82, 2.24) is 9.80 Å². The summed E-state index contributed by atoms with van der Waals surface area (Å²) in [5, 5.41) is 0. The molecular formula is C23H35N3O4. The zero-order valence-corrected chi connectivity index (χ0v) is 18.6. The minimum Gasteiger partial charge on any atom is -0.488 e. The first-order chi connectivity index (χ1) is 14.2. The van der Waals surface area contributed by atoms with Gasteiger partial charge in [0, 0.05) is 31.1 Å². The molecule has 0 spiro atoms. The van der Waals surface area contributed by atoms with E-state index < -0.39 is 0 Å². The van der Waals surface area contributed by atoms with E-state index in [4.69, 9.17) is 19.9 Å². The number of amides is 1. The molecule has 0 radical (unpaired) electrons. The minimum atomic E-state index is -0.365. The Morgan fingerprint density at radius 2 is 2.17 bits per heavy atom. The third-order valence-corrected chi connectivity index (χ3v) is 6.74. The number of rotatable bonds is 6. The Morgan fingerprint density at radius 3 is 2.90 bits per heavy atom. The number of piperidine rings is 1. The van der Waals surface area contributed by atoms with Crippen molar-refractivity contribution < 1.29 is 19.0 Å². The Bertz CT molecular complexity index is 782. The number of likely N-dealkylation sites (tertiary alicyclic amines) is 1. The number of primary amides is 1. The van der Waals surface area contributed by atoms with Crippen LogP contribution in [0.2, 0.25) is 0 Å². The fourth-order valence-electron chi connectivity index (χ4n) is 5.18. The highest BCUT2D eigenvalue weighted by Gasteiger charge is 2.51. The highest BCUT2D eigenvalue weighted by atomic mass is 16.5. The summed E-state index contributed by atoms with van der Waals surface area (Å²) in [5.74, 6) is 2.00. The Hall–Kier alpha value is -1.83. The molecule has 3 aliphatic rings. The quantitative estimate of drug-likeness (QED) is 0.763. The van der Waals surface area contributed by atoms with Crippen LogP contribution in [0.3, 0.4) is 0 Å². The van der Waals surface area contributed by atoms with Gasteiger partial charge in [0.1, 0.15) is 12.2 Å². The highest BCUT2D eigenvalue weighted by molar-refractivity contribution is 5.75. The van der Waals surface area contributed by atoms with Gasteiger partial charge in [-0.1, -0.05) is 12.1 Å². The topological polar surface area (TPSA) is 77.3 Å². The van der Waals surface area contributed by atoms with E-state index in [0.717, 1.165) is 49.5 Å². The summed E-state index contributed by atoms with van der Waals surface area (Å²) in [6.07, 6.45) is 2.15. The Balaban J connectivity index is 1.55. The van der Waals surface area contributed by atoms with Crippen LogP contribution in [0.25, 0.3) is 0 Å². The third-order valence-electron chi connectivity index (χ3n) is 6.74. The van der Waals surface area contributed by atoms with Crippen molar-refractivity contribution in [3.8, 4) is 11.5 Å². The van der Waals surface area contributed by atoms with Gasteiger partial charge in [-0.2, -0.15) is 0 Å². The lowest BCUT2D eigenvalue weighted by Gasteiger charge is -2.53. The molecule has 0 aromatic heterocycles. The number of benzene rings is 1. The molecule has 0 bridgehead atoms. The Kier molecular flexibility index (Phi) is 5.97. The number of hydrogen-bond acceptors (Lipinski definition) is 6. The van der Waals surface area contributed by atoms with Crippen molar-refractivity contribution >= 4 is 5.91 Å². The molecule has 0 unspecified atom stereocenters. The van der Waals surface area contributed by atoms with Crippen LogP contribution in [0.1, 0.15) is 38.4 Å². The molecule has 2 saturated heterocycles. The van der Waals surface area contributed by atoms with E-state index in [9.17, 15) is 4.79 Å². The number of likely N-dealkylation sites (N-methyl/N-ethyl adjacent to an activating group) is 1. The lowest BCUT2D eigenvalue weighted by molar-refractivity contribution is -0.187. The molecule has 30 heavy (non-hydrogen) atoms. The fourth-order valence-corrected chi connectivity index (χ4v) is 5.18. The van der Waals surface area contributed by atoms with Gasteiger partial charge in [-0.25, -0.2) is 0 Å². The van der Waals surface area contributed by atoms with E-state index in [1.54, 1.807) is 0 Å². The molecule has 1 amide bonds. The van der Waals surface area contributed by atoms with E-state index in [-0.39, 0.29) is 29.6 Å². The summed E-state index contributed by atoms with van der Waals surface area (Å²) >= 11 is 0. The average Bonchev–Trinajstić information content (AvgIpc) is 2.66. The van der Waals surface area contributed by atoms with Gasteiger partial charge >= 0.3 is 0 Å². The van der Waals surface area contributed by atoms with Crippen LogP contribution in [-0.4, -0.2) is 74.3 Å². The number of ether oxygens (including phenoxy) is 3. The van der Waals surface area contributed by atoms with Crippen LogP contribution in [0.15, 0.2) is 18.2 Å². The normalized spacial score (nSPS) is 30.0. The average molecular weight is 418 g/mol. The number of nitrogens with two attached hydrogens (primary N) is 1. The van der Waals surface area contributed by atoms with Crippen molar-refractivity contribution in [2.45, 2.75) is 44.5 Å². The van der Waals surface area contributed by atoms with Gasteiger partial charge in [0.05, 0.1) is 18.8 Å². The van der Waals surface area contributed by atoms with Gasteiger partial charge in [-0.3, -0.25) is 9.69 Å². The largest absolute Gasteiger partial charge is 0.488 e. The van der Waals surface area contributed by atoms with Crippen LogP contribution in [0.4, 0.5) is 0 Å². The third kappa shape index (κ3) is 4.29. The second kappa shape index (κ2) is 8.36. The maximum atomic E-state index is 11.4. The predicted molar refractivity (Wildman–Crippen MR) is 115 cm³/mol. The zero-order chi connectivity index (χ0) is 21.5. The molecule has 4 rings (SSSR count). The molecule has 2 N–H and O–H groups in total. The van der Waals surface area contributed by atoms with Gasteiger partial charge in [0.2, 0.25) is 5.91 Å². The van der Waals surface area contributed by atoms with E-state index in [1.165, 1.54) is 0 Å². The number of carbonyl (C=O) groups is 1. The van der Waals surface area contributed by atoms with Crippen molar-refractivity contribution in [2.24, 2.45) is 17.6 Å². The molecular weight excluding hydrogens is 382 g/mol. The summed E-state index contributed by atoms with van der Waals surface area (Å²) < 4.78 is 19.3. The van der Waals surface area contributed by atoms with Gasteiger partial charge in [0.25, 0.3) is 0 Å². The molecule has 0 saturated carbocycles. The number of para-hydroxylation sites is 1. The van der Waals surface area contributed by atoms with Crippen LogP contribution in [-0.2, 0) is 9.53 Å². The monoisotopic (exact) mass is 417 g/mol. The smallest absolute Gasteiger partial charge is 0.231 e. The minimum absolute atomic E-state index is 0.00471. The summed E-state index contributed by atoms with van der Waals surface area (Å²) in [7, 11) is 4.07. The lowest BCUT2D eigenvalue weighted by Crippen LogP contribution is -2.55. The first-order valence-electron chi connectivity index (χ1n) is 11.0. The SMILES string of the molecule is CN(C)CCOc1cccc2c1OC(C)(C)[C@@H]1C[C@@H]3CN(CC(N)=O)CC[C@H]3O[C@@H]21. The lowest BCUT2D eigenvalue weighted by atomic mass is 9.70. The van der Waals surface area contributed by atoms with Crippen molar-refractivity contribution in [1.29, 1.82) is 0 Å². The molecule has 0 aliphatic carbocycles. The van der Waals surface area contributed by atoms with Crippen molar-refractivity contribution in [3.63, 3.8) is 0 Å². The van der Waals surface area contributed by atoms with Crippen LogP contribution < -0.4 is 15.2 Å². The second-order valence-corrected chi connectivity index (χ2v) is 9.72. The maximum absolute atomic E-state index is 11.4. The fraction of sp³-hybridized carbons (Fsp3) is 0.696. The second-order valence-electron chi connectivity index (χ2n) is 9.72. The molecule has 7 nitrogen and oxygen atoms in total. The van der Waals surface area contributed by atoms with Gasteiger partial charge in [-0.05, 0) is 52.8 Å². The molecule has 3 heterocycles. The van der Waals surface area contributed by atoms with E-state index in [1.807, 2.05) is 26.2 Å². The molecule has 7 heteroatoms. The summed E-state index contributed by atoms with van der Waals surface area (Å²) in [6.45, 7) is 7.79. The molecule has 3 aliphatic heterocycles. The van der Waals surface area contributed by atoms with E-state index in [2.05, 4.69) is 29.7 Å². The standard InChI is InChI=1S/C23H35N3O4/c1-23(2)17-12-15-13-26(14-20(24)27)9-8-18(15)29-21(17)16-6-5-7-19(22(16)30-23)28-11-10-25(3)4/h5-7,15,17-18,21H,8-14H2,1-4H3,(H2,24,27)/t15-,17-,18-,21+/m1/s1. The van der Waals surface area contributed by atoms with Gasteiger partial charge in [0.15, 0.2) is 11.5 Å². The number of nitrogens with zero attached hydrogens (tertiary/aromatic N) is 2. The van der Waals surface area contributed by atoms with Gasteiger partial charge in [-0.15, -0.1) is 0 Å². The number of fused-ring (bicyclic) bond motifs is 4. The van der Waals surface area contributed by atoms with Crippen LogP contribution >= 0.6 is 0 Å². The zero-order valence-electron chi connectivity index (χ0n) is 18.6. The highest BCUT2D eigenvalue weighted by Crippen LogP contribution is 2.55. The van der Waals surface area contributed by atoms with E-state index in [0.29, 0.717) is 19.1 Å². The first kappa shape index (κ1) is 21.4.